The van der Waals surface area contributed by atoms with Gasteiger partial charge in [-0.05, 0) is 53.8 Å². The third-order valence-electron chi connectivity index (χ3n) is 6.27. The van der Waals surface area contributed by atoms with Crippen LogP contribution in [0.5, 0.6) is 5.75 Å². The quantitative estimate of drug-likeness (QED) is 0.301. The topological polar surface area (TPSA) is 47.3 Å². The van der Waals surface area contributed by atoms with Gasteiger partial charge >= 0.3 is 12.4 Å². The molecular formula is C27H22Cl2F6N2O2. The van der Waals surface area contributed by atoms with Crippen molar-refractivity contribution >= 4 is 23.2 Å². The predicted octanol–water partition coefficient (Wildman–Crippen LogP) is 9.19. The Morgan fingerprint density at radius 1 is 1.03 bits per heavy atom. The van der Waals surface area contributed by atoms with E-state index in [9.17, 15) is 31.4 Å². The Bertz CT molecular complexity index is 1490. The summed E-state index contributed by atoms with van der Waals surface area (Å²) in [5.74, 6) is -0.104. The lowest BCUT2D eigenvalue weighted by Gasteiger charge is -2.23. The molecule has 39 heavy (non-hydrogen) atoms. The summed E-state index contributed by atoms with van der Waals surface area (Å²) in [6.07, 6.45) is -3.35. The highest BCUT2D eigenvalue weighted by Gasteiger charge is 2.36. The number of aromatic hydroxyl groups is 1. The molecule has 0 aliphatic heterocycles. The van der Waals surface area contributed by atoms with Crippen LogP contribution in [0.25, 0.3) is 22.4 Å². The van der Waals surface area contributed by atoms with E-state index in [1.807, 2.05) is 26.0 Å². The van der Waals surface area contributed by atoms with Gasteiger partial charge in [-0.25, -0.2) is 0 Å². The van der Waals surface area contributed by atoms with E-state index >= 15 is 0 Å². The molecule has 1 heterocycles. The number of nitrogens with zero attached hydrogens (tertiary/aromatic N) is 2. The zero-order valence-electron chi connectivity index (χ0n) is 20.8. The van der Waals surface area contributed by atoms with Gasteiger partial charge in [0.25, 0.3) is 0 Å². The molecule has 1 aromatic heterocycles. The molecule has 2 aromatic carbocycles. The normalized spacial score (nSPS) is 15.4. The number of rotatable bonds is 5. The molecule has 208 valence electrons. The van der Waals surface area contributed by atoms with E-state index in [0.717, 1.165) is 16.8 Å². The first-order valence-corrected chi connectivity index (χ1v) is 12.3. The molecule has 0 unspecified atom stereocenters. The molecule has 0 saturated carbocycles. The standard InChI is InChI=1S/C27H22Cl2F6N2O2/c1-25(2)8-6-15(7-9-25)39-13-17-20(29)11-16(21-12-22(27(33,34)35)36-37(21)3)24(38)23(17)14-4-5-19(28)18(10-14)26(30,31)32/h4-8,10-12,38H,9,13H2,1-3H3. The highest BCUT2D eigenvalue weighted by molar-refractivity contribution is 6.32. The van der Waals surface area contributed by atoms with Crippen LogP contribution in [0, 0.1) is 5.41 Å². The van der Waals surface area contributed by atoms with E-state index in [-0.39, 0.29) is 45.0 Å². The first kappa shape index (κ1) is 28.9. The van der Waals surface area contributed by atoms with Gasteiger partial charge in [-0.3, -0.25) is 4.68 Å². The largest absolute Gasteiger partial charge is 0.507 e. The third kappa shape index (κ3) is 6.06. The Morgan fingerprint density at radius 2 is 1.72 bits per heavy atom. The van der Waals surface area contributed by atoms with Crippen LogP contribution < -0.4 is 0 Å². The molecule has 0 bridgehead atoms. The number of alkyl halides is 6. The molecule has 1 aliphatic carbocycles. The van der Waals surface area contributed by atoms with Crippen molar-refractivity contribution in [2.75, 3.05) is 0 Å². The number of hydrogen-bond acceptors (Lipinski definition) is 3. The van der Waals surface area contributed by atoms with Crippen LogP contribution in [0.1, 0.15) is 37.1 Å². The molecule has 4 nitrogen and oxygen atoms in total. The molecule has 0 radical (unpaired) electrons. The van der Waals surface area contributed by atoms with Crippen LogP contribution in [0.4, 0.5) is 26.3 Å². The van der Waals surface area contributed by atoms with Crippen molar-refractivity contribution < 1.29 is 36.2 Å². The van der Waals surface area contributed by atoms with Crippen molar-refractivity contribution in [3.05, 3.63) is 81.2 Å². The summed E-state index contributed by atoms with van der Waals surface area (Å²) in [7, 11) is 1.24. The van der Waals surface area contributed by atoms with Crippen LogP contribution in [0.2, 0.25) is 10.0 Å². The number of benzene rings is 2. The van der Waals surface area contributed by atoms with Gasteiger partial charge in [-0.2, -0.15) is 31.4 Å². The Kier molecular flexibility index (Phi) is 7.50. The molecule has 0 fully saturated rings. The lowest BCUT2D eigenvalue weighted by atomic mass is 9.86. The van der Waals surface area contributed by atoms with Gasteiger partial charge in [0.2, 0.25) is 0 Å². The average Bonchev–Trinajstić information content (AvgIpc) is 3.22. The van der Waals surface area contributed by atoms with Gasteiger partial charge in [0.15, 0.2) is 5.69 Å². The van der Waals surface area contributed by atoms with E-state index in [1.165, 1.54) is 19.2 Å². The molecule has 4 rings (SSSR count). The number of hydrogen-bond donors (Lipinski definition) is 1. The van der Waals surface area contributed by atoms with E-state index in [1.54, 1.807) is 6.08 Å². The summed E-state index contributed by atoms with van der Waals surface area (Å²) >= 11 is 12.3. The van der Waals surface area contributed by atoms with Gasteiger partial charge in [0.1, 0.15) is 18.1 Å². The van der Waals surface area contributed by atoms with Crippen LogP contribution in [0.3, 0.4) is 0 Å². The van der Waals surface area contributed by atoms with Gasteiger partial charge < -0.3 is 9.84 Å². The number of phenolic OH excluding ortho intramolecular Hbond substituents is 1. The van der Waals surface area contributed by atoms with Crippen LogP contribution in [-0.2, 0) is 30.7 Å². The number of halogens is 8. The van der Waals surface area contributed by atoms with E-state index in [2.05, 4.69) is 5.10 Å². The lowest BCUT2D eigenvalue weighted by molar-refractivity contribution is -0.141. The molecule has 3 aromatic rings. The zero-order valence-corrected chi connectivity index (χ0v) is 22.3. The highest BCUT2D eigenvalue weighted by Crippen LogP contribution is 2.47. The molecule has 0 atom stereocenters. The summed E-state index contributed by atoms with van der Waals surface area (Å²) in [5.41, 5.74) is -2.89. The fraction of sp³-hybridized carbons (Fsp3) is 0.296. The third-order valence-corrected chi connectivity index (χ3v) is 6.94. The minimum Gasteiger partial charge on any atom is -0.507 e. The van der Waals surface area contributed by atoms with E-state index in [4.69, 9.17) is 27.9 Å². The molecule has 0 spiro atoms. The van der Waals surface area contributed by atoms with Crippen molar-refractivity contribution in [1.29, 1.82) is 0 Å². The van der Waals surface area contributed by atoms with Gasteiger partial charge in [0, 0.05) is 28.8 Å². The molecule has 0 saturated heterocycles. The van der Waals surface area contributed by atoms with Gasteiger partial charge in [-0.1, -0.05) is 49.2 Å². The maximum atomic E-state index is 13.7. The second kappa shape index (κ2) is 10.1. The second-order valence-electron chi connectivity index (χ2n) is 9.76. The van der Waals surface area contributed by atoms with Crippen molar-refractivity contribution in [3.63, 3.8) is 0 Å². The fourth-order valence-electron chi connectivity index (χ4n) is 4.15. The van der Waals surface area contributed by atoms with Crippen molar-refractivity contribution in [2.24, 2.45) is 12.5 Å². The van der Waals surface area contributed by atoms with Crippen molar-refractivity contribution in [3.8, 4) is 28.1 Å². The summed E-state index contributed by atoms with van der Waals surface area (Å²) < 4.78 is 87.6. The maximum Gasteiger partial charge on any atom is 0.435 e. The van der Waals surface area contributed by atoms with Gasteiger partial charge in [0.05, 0.1) is 16.3 Å². The van der Waals surface area contributed by atoms with Gasteiger partial charge in [-0.15, -0.1) is 0 Å². The summed E-state index contributed by atoms with van der Waals surface area (Å²) in [5, 5.41) is 14.2. The zero-order chi connectivity index (χ0) is 28.9. The van der Waals surface area contributed by atoms with Crippen LogP contribution >= 0.6 is 23.2 Å². The first-order valence-electron chi connectivity index (χ1n) is 11.5. The Balaban J connectivity index is 1.89. The van der Waals surface area contributed by atoms with Crippen LogP contribution in [-0.4, -0.2) is 14.9 Å². The Morgan fingerprint density at radius 3 is 2.28 bits per heavy atom. The number of aromatic nitrogens is 2. The second-order valence-corrected chi connectivity index (χ2v) is 10.6. The SMILES string of the molecule is Cn1nc(C(F)(F)F)cc1-c1cc(Cl)c(COC2=CCC(C)(C)C=C2)c(-c2ccc(Cl)c(C(F)(F)F)c2)c1O. The summed E-state index contributed by atoms with van der Waals surface area (Å²) in [4.78, 5) is 0. The molecule has 12 heteroatoms. The van der Waals surface area contributed by atoms with Crippen molar-refractivity contribution in [2.45, 2.75) is 39.2 Å². The monoisotopic (exact) mass is 590 g/mol. The lowest BCUT2D eigenvalue weighted by Crippen LogP contribution is -2.10. The summed E-state index contributed by atoms with van der Waals surface area (Å²) in [6.45, 7) is 3.82. The number of ether oxygens (including phenoxy) is 1. The molecule has 0 amide bonds. The van der Waals surface area contributed by atoms with Crippen molar-refractivity contribution in [1.82, 2.24) is 9.78 Å². The summed E-state index contributed by atoms with van der Waals surface area (Å²) in [6, 6.07) is 4.96. The minimum atomic E-state index is -4.81. The number of aryl methyl sites for hydroxylation is 1. The van der Waals surface area contributed by atoms with E-state index < -0.39 is 34.4 Å². The molecule has 1 aliphatic rings. The first-order chi connectivity index (χ1) is 18.0. The van der Waals surface area contributed by atoms with E-state index in [0.29, 0.717) is 18.2 Å². The molecular weight excluding hydrogens is 569 g/mol. The number of allylic oxidation sites excluding steroid dienone is 3. The fourth-order valence-corrected chi connectivity index (χ4v) is 4.64. The number of phenols is 1. The maximum absolute atomic E-state index is 13.7. The minimum absolute atomic E-state index is 0.0446. The van der Waals surface area contributed by atoms with Crippen LogP contribution in [0.15, 0.2) is 54.3 Å². The molecule has 1 N–H and O–H groups in total. The highest BCUT2D eigenvalue weighted by atomic mass is 35.5. The Labute approximate surface area is 230 Å². The average molecular weight is 591 g/mol. The smallest absolute Gasteiger partial charge is 0.435 e. The predicted molar refractivity (Wildman–Crippen MR) is 136 cm³/mol. The Hall–Kier alpha value is -3.11.